The van der Waals surface area contributed by atoms with E-state index in [0.717, 1.165) is 40.5 Å². The van der Waals surface area contributed by atoms with Gasteiger partial charge < -0.3 is 5.32 Å². The molecule has 0 saturated heterocycles. The van der Waals surface area contributed by atoms with Gasteiger partial charge in [-0.2, -0.15) is 9.40 Å². The van der Waals surface area contributed by atoms with Crippen LogP contribution < -0.4 is 5.32 Å². The van der Waals surface area contributed by atoms with Crippen molar-refractivity contribution in [3.63, 3.8) is 0 Å². The standard InChI is InChI=1S/C37H39N5O4S2/c1-25(2)41(23-29-13-9-6-10-14-29)48(45,46)31-17-15-30(16-18-31)35(43)38-36-34(37(44)42-27(4)21-26(3)39-42)32-19-20-40(24-33(32)47-36)22-28-11-7-5-8-12-28/h5-18,21,25H,19-20,22-24H2,1-4H3,(H,38,43). The summed E-state index contributed by atoms with van der Waals surface area (Å²) in [5.41, 5.74) is 5.24. The Labute approximate surface area is 285 Å². The Balaban J connectivity index is 1.26. The van der Waals surface area contributed by atoms with Gasteiger partial charge in [-0.1, -0.05) is 60.7 Å². The summed E-state index contributed by atoms with van der Waals surface area (Å²) in [7, 11) is -3.84. The van der Waals surface area contributed by atoms with Crippen LogP contribution in [0.25, 0.3) is 0 Å². The maximum Gasteiger partial charge on any atom is 0.281 e. The molecule has 1 aliphatic rings. The molecule has 0 unspecified atom stereocenters. The topological polar surface area (TPSA) is 105 Å². The Bertz CT molecular complexity index is 2040. The number of anilines is 1. The third-order valence-corrected chi connectivity index (χ3v) is 11.7. The van der Waals surface area contributed by atoms with Crippen molar-refractivity contribution in [1.29, 1.82) is 0 Å². The largest absolute Gasteiger partial charge is 0.313 e. The lowest BCUT2D eigenvalue weighted by Crippen LogP contribution is -2.36. The summed E-state index contributed by atoms with van der Waals surface area (Å²) in [6.45, 7) is 9.82. The Morgan fingerprint density at radius 2 is 1.58 bits per heavy atom. The maximum atomic E-state index is 14.0. The molecule has 6 rings (SSSR count). The molecule has 48 heavy (non-hydrogen) atoms. The number of rotatable bonds is 10. The van der Waals surface area contributed by atoms with Crippen molar-refractivity contribution >= 4 is 38.2 Å². The zero-order chi connectivity index (χ0) is 34.0. The molecule has 11 heteroatoms. The van der Waals surface area contributed by atoms with Crippen molar-refractivity contribution in [2.75, 3.05) is 11.9 Å². The molecule has 0 aliphatic carbocycles. The van der Waals surface area contributed by atoms with Crippen molar-refractivity contribution in [1.82, 2.24) is 19.0 Å². The lowest BCUT2D eigenvalue weighted by atomic mass is 10.0. The fourth-order valence-electron chi connectivity index (χ4n) is 6.09. The summed E-state index contributed by atoms with van der Waals surface area (Å²) in [6, 6.07) is 27.3. The predicted molar refractivity (Wildman–Crippen MR) is 189 cm³/mol. The third kappa shape index (κ3) is 7.05. The molecule has 0 radical (unpaired) electrons. The molecule has 3 heterocycles. The number of thiophene rings is 1. The number of carbonyl (C=O) groups excluding carboxylic acids is 2. The summed E-state index contributed by atoms with van der Waals surface area (Å²) in [5, 5.41) is 7.90. The van der Waals surface area contributed by atoms with E-state index in [4.69, 9.17) is 0 Å². The summed E-state index contributed by atoms with van der Waals surface area (Å²) >= 11 is 1.41. The van der Waals surface area contributed by atoms with E-state index < -0.39 is 15.9 Å². The molecule has 5 aromatic rings. The average Bonchev–Trinajstić information content (AvgIpc) is 3.61. The zero-order valence-electron chi connectivity index (χ0n) is 27.5. The van der Waals surface area contributed by atoms with E-state index in [-0.39, 0.29) is 29.0 Å². The van der Waals surface area contributed by atoms with Crippen molar-refractivity contribution in [2.45, 2.75) is 64.7 Å². The van der Waals surface area contributed by atoms with Crippen LogP contribution in [-0.2, 0) is 36.1 Å². The first kappa shape index (κ1) is 33.5. The number of hydrogen-bond acceptors (Lipinski definition) is 7. The van der Waals surface area contributed by atoms with E-state index >= 15 is 0 Å². The van der Waals surface area contributed by atoms with Gasteiger partial charge in [0.1, 0.15) is 5.00 Å². The van der Waals surface area contributed by atoms with Crippen LogP contribution >= 0.6 is 11.3 Å². The number of fused-ring (bicyclic) bond motifs is 1. The summed E-state index contributed by atoms with van der Waals surface area (Å²) in [5.74, 6) is -0.704. The Kier molecular flexibility index (Phi) is 9.75. The van der Waals surface area contributed by atoms with Crippen LogP contribution in [0, 0.1) is 13.8 Å². The monoisotopic (exact) mass is 681 g/mol. The number of hydrogen-bond donors (Lipinski definition) is 1. The van der Waals surface area contributed by atoms with E-state index in [1.807, 2.05) is 82.3 Å². The second-order valence-electron chi connectivity index (χ2n) is 12.4. The van der Waals surface area contributed by atoms with Crippen LogP contribution in [0.2, 0.25) is 0 Å². The minimum Gasteiger partial charge on any atom is -0.313 e. The molecule has 0 spiro atoms. The molecule has 1 N–H and O–H groups in total. The highest BCUT2D eigenvalue weighted by Gasteiger charge is 2.31. The van der Waals surface area contributed by atoms with Gasteiger partial charge in [-0.25, -0.2) is 13.1 Å². The summed E-state index contributed by atoms with van der Waals surface area (Å²) in [6.07, 6.45) is 0.663. The minimum atomic E-state index is -3.84. The van der Waals surface area contributed by atoms with Gasteiger partial charge in [0.25, 0.3) is 11.8 Å². The van der Waals surface area contributed by atoms with Gasteiger partial charge in [0.15, 0.2) is 0 Å². The quantitative estimate of drug-likeness (QED) is 0.177. The fraction of sp³-hybridized carbons (Fsp3) is 0.270. The summed E-state index contributed by atoms with van der Waals surface area (Å²) < 4.78 is 30.2. The first-order valence-electron chi connectivity index (χ1n) is 16.0. The molecule has 1 aliphatic heterocycles. The number of aryl methyl sites for hydroxylation is 2. The number of nitrogens with zero attached hydrogens (tertiary/aromatic N) is 4. The molecule has 1 amide bonds. The normalized spacial score (nSPS) is 13.5. The molecule has 0 bridgehead atoms. The van der Waals surface area contributed by atoms with Crippen LogP contribution in [0.15, 0.2) is 95.9 Å². The van der Waals surface area contributed by atoms with Crippen molar-refractivity contribution in [3.8, 4) is 0 Å². The van der Waals surface area contributed by atoms with Gasteiger partial charge in [0.05, 0.1) is 16.2 Å². The zero-order valence-corrected chi connectivity index (χ0v) is 29.1. The van der Waals surface area contributed by atoms with Gasteiger partial charge >= 0.3 is 0 Å². The molecule has 0 fully saturated rings. The number of sulfonamides is 1. The van der Waals surface area contributed by atoms with Gasteiger partial charge in [0.2, 0.25) is 10.0 Å². The van der Waals surface area contributed by atoms with Crippen LogP contribution in [0.5, 0.6) is 0 Å². The highest BCUT2D eigenvalue weighted by Crippen LogP contribution is 2.38. The van der Waals surface area contributed by atoms with Crippen molar-refractivity contribution < 1.29 is 18.0 Å². The number of nitrogens with one attached hydrogen (secondary N) is 1. The minimum absolute atomic E-state index is 0.106. The maximum absolute atomic E-state index is 14.0. The molecule has 9 nitrogen and oxygen atoms in total. The van der Waals surface area contributed by atoms with E-state index in [1.54, 1.807) is 0 Å². The van der Waals surface area contributed by atoms with Crippen molar-refractivity contribution in [3.05, 3.63) is 135 Å². The lowest BCUT2D eigenvalue weighted by molar-refractivity contribution is 0.0942. The second-order valence-corrected chi connectivity index (χ2v) is 15.4. The molecule has 248 valence electrons. The lowest BCUT2D eigenvalue weighted by Gasteiger charge is -2.27. The summed E-state index contributed by atoms with van der Waals surface area (Å²) in [4.78, 5) is 31.1. The van der Waals surface area contributed by atoms with E-state index in [0.29, 0.717) is 23.5 Å². The molecule has 3 aromatic carbocycles. The van der Waals surface area contributed by atoms with E-state index in [2.05, 4.69) is 27.4 Å². The number of aromatic nitrogens is 2. The number of benzene rings is 3. The van der Waals surface area contributed by atoms with Gasteiger partial charge in [-0.3, -0.25) is 14.5 Å². The van der Waals surface area contributed by atoms with Crippen LogP contribution in [-0.4, -0.2) is 51.8 Å². The van der Waals surface area contributed by atoms with Gasteiger partial charge in [-0.15, -0.1) is 11.3 Å². The number of amides is 1. The Morgan fingerprint density at radius 1 is 0.938 bits per heavy atom. The Morgan fingerprint density at radius 3 is 2.19 bits per heavy atom. The SMILES string of the molecule is Cc1cc(C)n(C(=O)c2c(NC(=O)c3ccc(S(=O)(=O)N(Cc4ccccc4)C(C)C)cc3)sc3c2CCN(Cc2ccccc2)C3)n1. The first-order valence-corrected chi connectivity index (χ1v) is 18.2. The molecule has 0 saturated carbocycles. The van der Waals surface area contributed by atoms with E-state index in [9.17, 15) is 18.0 Å². The molecule has 2 aromatic heterocycles. The highest BCUT2D eigenvalue weighted by atomic mass is 32.2. The third-order valence-electron chi connectivity index (χ3n) is 8.51. The molecular weight excluding hydrogens is 643 g/mol. The Hall–Kier alpha value is -4.42. The highest BCUT2D eigenvalue weighted by molar-refractivity contribution is 7.89. The molecule has 0 atom stereocenters. The van der Waals surface area contributed by atoms with Gasteiger partial charge in [0, 0.05) is 48.4 Å². The first-order chi connectivity index (χ1) is 23.0. The van der Waals surface area contributed by atoms with Crippen LogP contribution in [0.4, 0.5) is 5.00 Å². The average molecular weight is 682 g/mol. The fourth-order valence-corrected chi connectivity index (χ4v) is 8.99. The van der Waals surface area contributed by atoms with E-state index in [1.165, 1.54) is 50.2 Å². The van der Waals surface area contributed by atoms with Gasteiger partial charge in [-0.05, 0) is 81.1 Å². The van der Waals surface area contributed by atoms with Crippen LogP contribution in [0.3, 0.4) is 0 Å². The molecular formula is C37H39N5O4S2. The second kappa shape index (κ2) is 14.0. The smallest absolute Gasteiger partial charge is 0.281 e. The predicted octanol–water partition coefficient (Wildman–Crippen LogP) is 6.66. The van der Waals surface area contributed by atoms with Crippen LogP contribution in [0.1, 0.15) is 67.5 Å². The van der Waals surface area contributed by atoms with Crippen molar-refractivity contribution in [2.24, 2.45) is 0 Å². The number of carbonyl (C=O) groups is 2.